The van der Waals surface area contributed by atoms with Crippen molar-refractivity contribution in [2.45, 2.75) is 5.41 Å². The van der Waals surface area contributed by atoms with Crippen molar-refractivity contribution in [3.8, 4) is 44.6 Å². The molecule has 0 fully saturated rings. The van der Waals surface area contributed by atoms with Gasteiger partial charge in [-0.1, -0.05) is 170 Å². The Morgan fingerprint density at radius 3 is 1.58 bits per heavy atom. The number of hydrogen-bond donors (Lipinski definition) is 0. The highest BCUT2D eigenvalue weighted by Crippen LogP contribution is 2.67. The van der Waals surface area contributed by atoms with E-state index >= 15 is 0 Å². The number of fused-ring (bicyclic) bond motifs is 20. The van der Waals surface area contributed by atoms with E-state index in [-0.39, 0.29) is 0 Å². The van der Waals surface area contributed by atoms with Crippen molar-refractivity contribution in [3.05, 3.63) is 217 Å². The monoisotopic (exact) mass is 720 g/mol. The molecular weight excluding hydrogens is 689 g/mol. The van der Waals surface area contributed by atoms with Crippen molar-refractivity contribution in [1.82, 2.24) is 9.97 Å². The van der Waals surface area contributed by atoms with Gasteiger partial charge in [0.2, 0.25) is 0 Å². The molecule has 0 radical (unpaired) electrons. The zero-order chi connectivity index (χ0) is 37.2. The topological polar surface area (TPSA) is 25.8 Å². The third kappa shape index (κ3) is 3.94. The third-order valence-electron chi connectivity index (χ3n) is 12.9. The van der Waals surface area contributed by atoms with Gasteiger partial charge >= 0.3 is 0 Å². The van der Waals surface area contributed by atoms with Gasteiger partial charge in [0.05, 0.1) is 22.1 Å². The molecule has 0 aliphatic heterocycles. The molecule has 9 aromatic carbocycles. The first kappa shape index (κ1) is 30.9. The molecule has 1 spiro atoms. The highest BCUT2D eigenvalue weighted by atomic mass is 14.8. The highest BCUT2D eigenvalue weighted by molar-refractivity contribution is 6.22. The first-order chi connectivity index (χ1) is 28.3. The summed E-state index contributed by atoms with van der Waals surface area (Å²) >= 11 is 0. The predicted molar refractivity (Wildman–Crippen MR) is 237 cm³/mol. The number of nitrogens with zero attached hydrogens (tertiary/aromatic N) is 2. The summed E-state index contributed by atoms with van der Waals surface area (Å²) in [5.74, 6) is 0. The van der Waals surface area contributed by atoms with Gasteiger partial charge in [-0.3, -0.25) is 4.98 Å². The molecule has 0 saturated carbocycles. The Hall–Kier alpha value is -7.42. The Labute approximate surface area is 329 Å². The maximum atomic E-state index is 5.37. The second kappa shape index (κ2) is 11.3. The van der Waals surface area contributed by atoms with Crippen LogP contribution in [0, 0.1) is 0 Å². The lowest BCUT2D eigenvalue weighted by molar-refractivity contribution is 0.809. The van der Waals surface area contributed by atoms with E-state index < -0.39 is 5.41 Å². The summed E-state index contributed by atoms with van der Waals surface area (Å²) in [6.45, 7) is 0. The molecule has 2 heterocycles. The van der Waals surface area contributed by atoms with Gasteiger partial charge in [-0.15, -0.1) is 0 Å². The Morgan fingerprint density at radius 1 is 0.333 bits per heavy atom. The third-order valence-corrected chi connectivity index (χ3v) is 12.9. The molecule has 11 aromatic rings. The predicted octanol–water partition coefficient (Wildman–Crippen LogP) is 13.9. The van der Waals surface area contributed by atoms with Crippen molar-refractivity contribution < 1.29 is 0 Å². The van der Waals surface area contributed by atoms with Crippen molar-refractivity contribution in [2.24, 2.45) is 0 Å². The van der Waals surface area contributed by atoms with Gasteiger partial charge in [0.1, 0.15) is 0 Å². The number of pyridine rings is 2. The smallest absolute Gasteiger partial charge is 0.0972 e. The van der Waals surface area contributed by atoms with E-state index in [4.69, 9.17) is 9.97 Å². The molecule has 0 unspecified atom stereocenters. The molecule has 0 N–H and O–H groups in total. The summed E-state index contributed by atoms with van der Waals surface area (Å²) < 4.78 is 0. The maximum absolute atomic E-state index is 5.37. The first-order valence-corrected chi connectivity index (χ1v) is 19.7. The molecule has 0 bridgehead atoms. The van der Waals surface area contributed by atoms with E-state index in [1.807, 2.05) is 12.3 Å². The molecule has 13 rings (SSSR count). The molecule has 57 heavy (non-hydrogen) atoms. The summed E-state index contributed by atoms with van der Waals surface area (Å²) in [6.07, 6.45) is 1.86. The zero-order valence-corrected chi connectivity index (χ0v) is 30.9. The Kier molecular flexibility index (Phi) is 6.13. The van der Waals surface area contributed by atoms with Crippen LogP contribution in [-0.2, 0) is 5.41 Å². The molecule has 2 aliphatic carbocycles. The van der Waals surface area contributed by atoms with Crippen LogP contribution in [0.1, 0.15) is 22.3 Å². The minimum absolute atomic E-state index is 0.521. The molecule has 2 aliphatic rings. The van der Waals surface area contributed by atoms with Crippen LogP contribution >= 0.6 is 0 Å². The van der Waals surface area contributed by atoms with Crippen LogP contribution in [0.4, 0.5) is 0 Å². The second-order valence-corrected chi connectivity index (χ2v) is 15.5. The highest BCUT2D eigenvalue weighted by Gasteiger charge is 2.54. The largest absolute Gasteiger partial charge is 0.254 e. The van der Waals surface area contributed by atoms with Crippen LogP contribution < -0.4 is 0 Å². The quantitative estimate of drug-likeness (QED) is 0.166. The van der Waals surface area contributed by atoms with Crippen LogP contribution in [0.3, 0.4) is 0 Å². The summed E-state index contributed by atoms with van der Waals surface area (Å²) in [6, 6.07) is 69.6. The van der Waals surface area contributed by atoms with Gasteiger partial charge in [-0.25, -0.2) is 4.98 Å². The average molecular weight is 721 g/mol. The Balaban J connectivity index is 1.20. The van der Waals surface area contributed by atoms with Crippen LogP contribution in [0.5, 0.6) is 0 Å². The first-order valence-electron chi connectivity index (χ1n) is 19.7. The molecule has 262 valence electrons. The fraction of sp³-hybridized carbons (Fsp3) is 0.0182. The van der Waals surface area contributed by atoms with E-state index in [1.165, 1.54) is 82.4 Å². The molecular formula is C55H32N2. The summed E-state index contributed by atoms with van der Waals surface area (Å²) in [5.41, 5.74) is 16.4. The lowest BCUT2D eigenvalue weighted by Gasteiger charge is -2.33. The van der Waals surface area contributed by atoms with E-state index in [9.17, 15) is 0 Å². The lowest BCUT2D eigenvalue weighted by atomic mass is 9.68. The lowest BCUT2D eigenvalue weighted by Crippen LogP contribution is -2.26. The van der Waals surface area contributed by atoms with Crippen LogP contribution in [-0.4, -0.2) is 9.97 Å². The van der Waals surface area contributed by atoms with E-state index in [2.05, 4.69) is 182 Å². The Morgan fingerprint density at radius 2 is 0.860 bits per heavy atom. The van der Waals surface area contributed by atoms with E-state index in [0.717, 1.165) is 38.6 Å². The van der Waals surface area contributed by atoms with Crippen molar-refractivity contribution >= 4 is 54.1 Å². The SMILES string of the molecule is c1ccc(-c2cc3c(c4ccccc24)C2(c4ccccc4-c4ccccc42)c2c-3c3ccccc3c3ccccc23)c(-c2ccc3ccc4cccnc4c3n2)c1. The molecule has 0 amide bonds. The molecule has 2 nitrogen and oxygen atoms in total. The fourth-order valence-corrected chi connectivity index (χ4v) is 10.7. The van der Waals surface area contributed by atoms with Crippen molar-refractivity contribution in [3.63, 3.8) is 0 Å². The minimum Gasteiger partial charge on any atom is -0.254 e. The van der Waals surface area contributed by atoms with Crippen LogP contribution in [0.2, 0.25) is 0 Å². The van der Waals surface area contributed by atoms with Crippen LogP contribution in [0.25, 0.3) is 98.8 Å². The molecule has 0 atom stereocenters. The number of hydrogen-bond acceptors (Lipinski definition) is 2. The number of aromatic nitrogens is 2. The maximum Gasteiger partial charge on any atom is 0.0972 e. The normalized spacial score (nSPS) is 13.4. The molecule has 2 aromatic heterocycles. The summed E-state index contributed by atoms with van der Waals surface area (Å²) in [4.78, 5) is 10.1. The standard InChI is InChI=1S/C55H32N2/c1-5-21-41(49-30-29-34-28-27-33-14-13-31-56-53(33)54(34)57-49)37(17-1)45-32-46-50-42-22-6-2-15-35(42)36-16-3-8-24-44(36)52(50)55(51(46)43-23-7-4-18-38(43)45)47-25-11-9-19-39(47)40-20-10-12-26-48(40)55/h1-32H. The van der Waals surface area contributed by atoms with Crippen molar-refractivity contribution in [2.75, 3.05) is 0 Å². The Bertz CT molecular complexity index is 3490. The molecule has 0 saturated heterocycles. The van der Waals surface area contributed by atoms with Gasteiger partial charge in [0.15, 0.2) is 0 Å². The van der Waals surface area contributed by atoms with Gasteiger partial charge in [0, 0.05) is 22.5 Å². The van der Waals surface area contributed by atoms with Crippen LogP contribution in [0.15, 0.2) is 194 Å². The van der Waals surface area contributed by atoms with Crippen molar-refractivity contribution in [1.29, 1.82) is 0 Å². The van der Waals surface area contributed by atoms with Gasteiger partial charge < -0.3 is 0 Å². The summed E-state index contributed by atoms with van der Waals surface area (Å²) in [5, 5.41) is 9.86. The number of rotatable bonds is 2. The minimum atomic E-state index is -0.521. The van der Waals surface area contributed by atoms with Gasteiger partial charge in [-0.2, -0.15) is 0 Å². The van der Waals surface area contributed by atoms with Gasteiger partial charge in [0.25, 0.3) is 0 Å². The van der Waals surface area contributed by atoms with E-state index in [0.29, 0.717) is 0 Å². The fourth-order valence-electron chi connectivity index (χ4n) is 10.7. The average Bonchev–Trinajstić information content (AvgIpc) is 3.76. The van der Waals surface area contributed by atoms with E-state index in [1.54, 1.807) is 0 Å². The molecule has 2 heteroatoms. The van der Waals surface area contributed by atoms with Gasteiger partial charge in [-0.05, 0) is 106 Å². The number of benzene rings is 9. The summed E-state index contributed by atoms with van der Waals surface area (Å²) in [7, 11) is 0. The zero-order valence-electron chi connectivity index (χ0n) is 30.9. The second-order valence-electron chi connectivity index (χ2n) is 15.5.